The van der Waals surface area contributed by atoms with Gasteiger partial charge in [0.15, 0.2) is 0 Å². The molecule has 1 unspecified atom stereocenters. The lowest BCUT2D eigenvalue weighted by molar-refractivity contribution is -0.119. The van der Waals surface area contributed by atoms with Crippen LogP contribution < -0.4 is 10.6 Å². The quantitative estimate of drug-likeness (QED) is 0.912. The van der Waals surface area contributed by atoms with E-state index in [1.165, 1.54) is 0 Å². The summed E-state index contributed by atoms with van der Waals surface area (Å²) >= 11 is 0. The molecule has 1 aromatic carbocycles. The molecular formula is C16H19ClN4O. The van der Waals surface area contributed by atoms with Crippen LogP contribution in [-0.4, -0.2) is 29.0 Å². The Labute approximate surface area is 136 Å². The van der Waals surface area contributed by atoms with Gasteiger partial charge >= 0.3 is 0 Å². The molecule has 0 saturated carbocycles. The summed E-state index contributed by atoms with van der Waals surface area (Å²) in [5, 5.41) is 6.19. The number of anilines is 1. The minimum Gasteiger partial charge on any atom is -0.326 e. The monoisotopic (exact) mass is 318 g/mol. The minimum absolute atomic E-state index is 0. The number of carbonyl (C=O) groups is 1. The number of hydrogen-bond donors (Lipinski definition) is 2. The van der Waals surface area contributed by atoms with Crippen molar-refractivity contribution in [2.75, 3.05) is 18.4 Å². The predicted molar refractivity (Wildman–Crippen MR) is 89.1 cm³/mol. The van der Waals surface area contributed by atoms with Gasteiger partial charge in [-0.15, -0.1) is 12.4 Å². The zero-order valence-corrected chi connectivity index (χ0v) is 13.2. The Bertz CT molecular complexity index is 656. The first-order valence-corrected chi connectivity index (χ1v) is 7.14. The lowest BCUT2D eigenvalue weighted by Crippen LogP contribution is -2.24. The zero-order chi connectivity index (χ0) is 14.7. The predicted octanol–water partition coefficient (Wildman–Crippen LogP) is 2.42. The fourth-order valence-corrected chi connectivity index (χ4v) is 2.50. The third-order valence-electron chi connectivity index (χ3n) is 3.63. The Kier molecular flexibility index (Phi) is 5.46. The number of benzene rings is 1. The molecule has 5 nitrogen and oxygen atoms in total. The summed E-state index contributed by atoms with van der Waals surface area (Å²) in [4.78, 5) is 20.6. The number of hydrogen-bond acceptors (Lipinski definition) is 4. The van der Waals surface area contributed by atoms with Crippen molar-refractivity contribution in [1.82, 2.24) is 15.3 Å². The number of halogens is 1. The van der Waals surface area contributed by atoms with Crippen LogP contribution in [0.5, 0.6) is 0 Å². The third kappa shape index (κ3) is 3.81. The minimum atomic E-state index is 0. The maximum absolute atomic E-state index is 12.1. The van der Waals surface area contributed by atoms with Gasteiger partial charge in [-0.3, -0.25) is 4.79 Å². The van der Waals surface area contributed by atoms with Crippen LogP contribution in [0.2, 0.25) is 0 Å². The van der Waals surface area contributed by atoms with Crippen LogP contribution >= 0.6 is 12.4 Å². The number of amides is 1. The van der Waals surface area contributed by atoms with E-state index in [4.69, 9.17) is 0 Å². The average Bonchev–Trinajstić information content (AvgIpc) is 3.02. The first-order chi connectivity index (χ1) is 10.2. The van der Waals surface area contributed by atoms with Crippen molar-refractivity contribution in [3.05, 3.63) is 42.4 Å². The fraction of sp³-hybridized carbons (Fsp3) is 0.312. The smallest absolute Gasteiger partial charge is 0.228 e. The van der Waals surface area contributed by atoms with Gasteiger partial charge in [0.25, 0.3) is 0 Å². The van der Waals surface area contributed by atoms with Crippen LogP contribution in [-0.2, 0) is 4.79 Å². The van der Waals surface area contributed by atoms with Crippen LogP contribution in [0.25, 0.3) is 11.3 Å². The van der Waals surface area contributed by atoms with Gasteiger partial charge in [0.1, 0.15) is 5.82 Å². The summed E-state index contributed by atoms with van der Waals surface area (Å²) in [6.07, 6.45) is 2.64. The Morgan fingerprint density at radius 1 is 1.36 bits per heavy atom. The van der Waals surface area contributed by atoms with Gasteiger partial charge in [0.2, 0.25) is 5.91 Å². The van der Waals surface area contributed by atoms with Crippen LogP contribution in [0.3, 0.4) is 0 Å². The van der Waals surface area contributed by atoms with E-state index in [-0.39, 0.29) is 24.2 Å². The van der Waals surface area contributed by atoms with E-state index in [9.17, 15) is 4.79 Å². The molecule has 1 fully saturated rings. The number of carbonyl (C=O) groups excluding carboxylic acids is 1. The average molecular weight is 319 g/mol. The standard InChI is InChI=1S/C16H18N4O.ClH/c1-11-18-8-6-15(19-11)12-3-2-4-14(9-12)20-16(21)13-5-7-17-10-13;/h2-4,6,8-9,13,17H,5,7,10H2,1H3,(H,20,21);1H. The van der Waals surface area contributed by atoms with E-state index >= 15 is 0 Å². The number of aromatic nitrogens is 2. The van der Waals surface area contributed by atoms with Crippen molar-refractivity contribution >= 4 is 24.0 Å². The lowest BCUT2D eigenvalue weighted by atomic mass is 10.1. The van der Waals surface area contributed by atoms with Gasteiger partial charge in [0, 0.05) is 24.0 Å². The molecule has 1 saturated heterocycles. The lowest BCUT2D eigenvalue weighted by Gasteiger charge is -2.11. The van der Waals surface area contributed by atoms with Crippen LogP contribution in [0.15, 0.2) is 36.5 Å². The summed E-state index contributed by atoms with van der Waals surface area (Å²) in [7, 11) is 0. The molecule has 0 radical (unpaired) electrons. The van der Waals surface area contributed by atoms with E-state index in [0.29, 0.717) is 0 Å². The van der Waals surface area contributed by atoms with Gasteiger partial charge in [-0.25, -0.2) is 9.97 Å². The molecule has 0 bridgehead atoms. The molecule has 2 heterocycles. The number of rotatable bonds is 3. The first-order valence-electron chi connectivity index (χ1n) is 7.14. The molecule has 3 rings (SSSR count). The highest BCUT2D eigenvalue weighted by atomic mass is 35.5. The van der Waals surface area contributed by atoms with Crippen molar-refractivity contribution in [2.45, 2.75) is 13.3 Å². The Morgan fingerprint density at radius 3 is 2.95 bits per heavy atom. The van der Waals surface area contributed by atoms with Crippen molar-refractivity contribution in [3.63, 3.8) is 0 Å². The SMILES string of the molecule is Cc1nccc(-c2cccc(NC(=O)C3CCNC3)c2)n1.Cl. The third-order valence-corrected chi connectivity index (χ3v) is 3.63. The summed E-state index contributed by atoms with van der Waals surface area (Å²) in [6.45, 7) is 3.54. The van der Waals surface area contributed by atoms with Gasteiger partial charge in [-0.1, -0.05) is 12.1 Å². The Hall–Kier alpha value is -1.98. The second-order valence-corrected chi connectivity index (χ2v) is 5.25. The van der Waals surface area contributed by atoms with E-state index in [0.717, 1.165) is 42.3 Å². The Morgan fingerprint density at radius 2 is 2.23 bits per heavy atom. The topological polar surface area (TPSA) is 66.9 Å². The van der Waals surface area contributed by atoms with Gasteiger partial charge in [0.05, 0.1) is 11.6 Å². The summed E-state index contributed by atoms with van der Waals surface area (Å²) in [5.74, 6) is 0.880. The maximum atomic E-state index is 12.1. The van der Waals surface area contributed by atoms with E-state index in [2.05, 4.69) is 20.6 Å². The number of nitrogens with zero attached hydrogens (tertiary/aromatic N) is 2. The van der Waals surface area contributed by atoms with E-state index in [1.54, 1.807) is 6.20 Å². The largest absolute Gasteiger partial charge is 0.326 e. The van der Waals surface area contributed by atoms with Crippen molar-refractivity contribution in [3.8, 4) is 11.3 Å². The first kappa shape index (κ1) is 16.4. The molecule has 0 aliphatic carbocycles. The van der Waals surface area contributed by atoms with Crippen molar-refractivity contribution < 1.29 is 4.79 Å². The summed E-state index contributed by atoms with van der Waals surface area (Å²) < 4.78 is 0. The second kappa shape index (κ2) is 7.33. The highest BCUT2D eigenvalue weighted by Gasteiger charge is 2.22. The highest BCUT2D eigenvalue weighted by molar-refractivity contribution is 5.93. The Balaban J connectivity index is 0.00000176. The van der Waals surface area contributed by atoms with Gasteiger partial charge < -0.3 is 10.6 Å². The van der Waals surface area contributed by atoms with Crippen LogP contribution in [0.4, 0.5) is 5.69 Å². The molecule has 1 aliphatic rings. The molecule has 1 aliphatic heterocycles. The van der Waals surface area contributed by atoms with Crippen LogP contribution in [0.1, 0.15) is 12.2 Å². The number of aryl methyl sites for hydroxylation is 1. The molecule has 1 amide bonds. The highest BCUT2D eigenvalue weighted by Crippen LogP contribution is 2.21. The van der Waals surface area contributed by atoms with E-state index < -0.39 is 0 Å². The van der Waals surface area contributed by atoms with Crippen molar-refractivity contribution in [2.24, 2.45) is 5.92 Å². The molecule has 2 N–H and O–H groups in total. The maximum Gasteiger partial charge on any atom is 0.228 e. The molecular weight excluding hydrogens is 300 g/mol. The van der Waals surface area contributed by atoms with Crippen LogP contribution in [0, 0.1) is 12.8 Å². The number of nitrogens with one attached hydrogen (secondary N) is 2. The summed E-state index contributed by atoms with van der Waals surface area (Å²) in [5.41, 5.74) is 2.64. The van der Waals surface area contributed by atoms with Gasteiger partial charge in [-0.2, -0.15) is 0 Å². The normalized spacial score (nSPS) is 16.9. The molecule has 22 heavy (non-hydrogen) atoms. The van der Waals surface area contributed by atoms with Gasteiger partial charge in [-0.05, 0) is 38.1 Å². The molecule has 2 aromatic rings. The fourth-order valence-electron chi connectivity index (χ4n) is 2.50. The molecule has 1 aromatic heterocycles. The second-order valence-electron chi connectivity index (χ2n) is 5.25. The molecule has 6 heteroatoms. The molecule has 0 spiro atoms. The molecule has 116 valence electrons. The molecule has 1 atom stereocenters. The summed E-state index contributed by atoms with van der Waals surface area (Å²) in [6, 6.07) is 9.62. The van der Waals surface area contributed by atoms with E-state index in [1.807, 2.05) is 37.3 Å². The van der Waals surface area contributed by atoms with Crippen molar-refractivity contribution in [1.29, 1.82) is 0 Å². The zero-order valence-electron chi connectivity index (χ0n) is 12.4.